The van der Waals surface area contributed by atoms with Crippen molar-refractivity contribution in [2.75, 3.05) is 40.0 Å². The number of hydrogen-bond acceptors (Lipinski definition) is 6. The second kappa shape index (κ2) is 11.6. The minimum absolute atomic E-state index is 0.0439. The van der Waals surface area contributed by atoms with Crippen molar-refractivity contribution in [1.82, 2.24) is 20.5 Å². The zero-order valence-corrected chi connectivity index (χ0v) is 20.1. The smallest absolute Gasteiger partial charge is 0.220 e. The lowest BCUT2D eigenvalue weighted by Crippen LogP contribution is -2.46. The Bertz CT molecular complexity index is 1020. The molecule has 2 aliphatic rings. The van der Waals surface area contributed by atoms with E-state index in [4.69, 9.17) is 9.47 Å². The third kappa shape index (κ3) is 6.55. The highest BCUT2D eigenvalue weighted by Gasteiger charge is 2.38. The van der Waals surface area contributed by atoms with Crippen LogP contribution in [0, 0.1) is 5.82 Å². The Morgan fingerprint density at radius 3 is 2.80 bits per heavy atom. The van der Waals surface area contributed by atoms with Gasteiger partial charge < -0.3 is 20.1 Å². The van der Waals surface area contributed by atoms with E-state index in [0.717, 1.165) is 18.8 Å². The normalized spacial score (nSPS) is 21.4. The predicted octanol–water partition coefficient (Wildman–Crippen LogP) is 2.39. The van der Waals surface area contributed by atoms with Crippen LogP contribution in [-0.4, -0.2) is 67.2 Å². The largest absolute Gasteiger partial charge is 0.497 e. The number of morpholine rings is 1. The third-order valence-corrected chi connectivity index (χ3v) is 6.86. The highest BCUT2D eigenvalue weighted by Crippen LogP contribution is 2.31. The fraction of sp³-hybridized carbons (Fsp3) is 0.500. The SMILES string of the molecule is COc1ccc(CC2(CCC(=O)NCC(c3ccccn3)N3CCOCC3)CCC(=O)N2)c(F)c1. The molecule has 0 spiro atoms. The zero-order chi connectivity index (χ0) is 24.7. The van der Waals surface area contributed by atoms with Gasteiger partial charge in [0.05, 0.1) is 32.1 Å². The number of ether oxygens (including phenoxy) is 2. The number of benzene rings is 1. The minimum atomic E-state index is -0.644. The lowest BCUT2D eigenvalue weighted by molar-refractivity contribution is -0.123. The van der Waals surface area contributed by atoms with E-state index >= 15 is 0 Å². The Morgan fingerprint density at radius 1 is 1.31 bits per heavy atom. The van der Waals surface area contributed by atoms with Gasteiger partial charge in [-0.15, -0.1) is 0 Å². The fourth-order valence-corrected chi connectivity index (χ4v) is 4.88. The van der Waals surface area contributed by atoms with E-state index in [0.29, 0.717) is 56.8 Å². The average Bonchev–Trinajstić information content (AvgIpc) is 3.26. The van der Waals surface area contributed by atoms with E-state index in [2.05, 4.69) is 20.5 Å². The van der Waals surface area contributed by atoms with Crippen LogP contribution in [0.2, 0.25) is 0 Å². The number of amides is 2. The molecule has 1 aromatic carbocycles. The summed E-state index contributed by atoms with van der Waals surface area (Å²) >= 11 is 0. The van der Waals surface area contributed by atoms with Crippen molar-refractivity contribution in [3.8, 4) is 5.75 Å². The molecule has 0 saturated carbocycles. The van der Waals surface area contributed by atoms with Crippen LogP contribution < -0.4 is 15.4 Å². The van der Waals surface area contributed by atoms with Gasteiger partial charge >= 0.3 is 0 Å². The summed E-state index contributed by atoms with van der Waals surface area (Å²) in [6.07, 6.45) is 3.69. The van der Waals surface area contributed by atoms with Gasteiger partial charge in [-0.2, -0.15) is 0 Å². The van der Waals surface area contributed by atoms with Crippen LogP contribution in [0.3, 0.4) is 0 Å². The number of halogens is 1. The van der Waals surface area contributed by atoms with Crippen molar-refractivity contribution < 1.29 is 23.5 Å². The molecule has 4 rings (SSSR count). The van der Waals surface area contributed by atoms with E-state index in [1.54, 1.807) is 18.3 Å². The number of carbonyl (C=O) groups excluding carboxylic acids is 2. The molecule has 2 unspecified atom stereocenters. The van der Waals surface area contributed by atoms with Gasteiger partial charge in [0, 0.05) is 50.3 Å². The van der Waals surface area contributed by atoms with Crippen LogP contribution in [-0.2, 0) is 20.7 Å². The molecule has 3 heterocycles. The van der Waals surface area contributed by atoms with Gasteiger partial charge in [-0.25, -0.2) is 4.39 Å². The first-order chi connectivity index (χ1) is 17.0. The molecule has 2 fully saturated rings. The zero-order valence-electron chi connectivity index (χ0n) is 20.1. The van der Waals surface area contributed by atoms with Crippen LogP contribution in [0.15, 0.2) is 42.6 Å². The molecule has 2 aliphatic heterocycles. The molecule has 1 aromatic heterocycles. The highest BCUT2D eigenvalue weighted by molar-refractivity contribution is 5.80. The van der Waals surface area contributed by atoms with Gasteiger partial charge in [-0.1, -0.05) is 12.1 Å². The first-order valence-corrected chi connectivity index (χ1v) is 12.1. The molecule has 2 aromatic rings. The van der Waals surface area contributed by atoms with Gasteiger partial charge in [-0.05, 0) is 43.0 Å². The lowest BCUT2D eigenvalue weighted by Gasteiger charge is -2.34. The number of nitrogens with zero attached hydrogens (tertiary/aromatic N) is 2. The first kappa shape index (κ1) is 25.1. The van der Waals surface area contributed by atoms with Crippen LogP contribution in [0.5, 0.6) is 5.75 Å². The van der Waals surface area contributed by atoms with Gasteiger partial charge in [0.25, 0.3) is 0 Å². The summed E-state index contributed by atoms with van der Waals surface area (Å²) in [5.74, 6) is -0.104. The van der Waals surface area contributed by atoms with E-state index in [-0.39, 0.29) is 30.1 Å². The molecule has 0 radical (unpaired) electrons. The standard InChI is InChI=1S/C26H33FN4O4/c1-34-20-6-5-19(21(27)16-20)17-26(10-8-25(33)30-26)9-7-24(32)29-18-23(22-4-2-3-11-28-22)31-12-14-35-15-13-31/h2-6,11,16,23H,7-10,12-15,17-18H2,1H3,(H,29,32)(H,30,33). The molecule has 0 bridgehead atoms. The van der Waals surface area contributed by atoms with E-state index < -0.39 is 5.54 Å². The maximum atomic E-state index is 14.6. The van der Waals surface area contributed by atoms with E-state index in [9.17, 15) is 14.0 Å². The molecule has 8 nitrogen and oxygen atoms in total. The van der Waals surface area contributed by atoms with Crippen molar-refractivity contribution in [2.45, 2.75) is 43.7 Å². The molecule has 35 heavy (non-hydrogen) atoms. The Morgan fingerprint density at radius 2 is 2.14 bits per heavy atom. The maximum absolute atomic E-state index is 14.6. The average molecular weight is 485 g/mol. The van der Waals surface area contributed by atoms with E-state index in [1.807, 2.05) is 18.2 Å². The Kier molecular flexibility index (Phi) is 8.30. The molecule has 2 saturated heterocycles. The second-order valence-electron chi connectivity index (χ2n) is 9.19. The summed E-state index contributed by atoms with van der Waals surface area (Å²) in [7, 11) is 1.49. The monoisotopic (exact) mass is 484 g/mol. The number of rotatable bonds is 10. The predicted molar refractivity (Wildman–Crippen MR) is 128 cm³/mol. The summed E-state index contributed by atoms with van der Waals surface area (Å²) < 4.78 is 25.2. The lowest BCUT2D eigenvalue weighted by atomic mass is 9.84. The topological polar surface area (TPSA) is 92.8 Å². The number of hydrogen-bond donors (Lipinski definition) is 2. The number of nitrogens with one attached hydrogen (secondary N) is 2. The third-order valence-electron chi connectivity index (χ3n) is 6.86. The van der Waals surface area contributed by atoms with Crippen LogP contribution in [0.1, 0.15) is 43.0 Å². The van der Waals surface area contributed by atoms with Gasteiger partial charge in [0.2, 0.25) is 11.8 Å². The minimum Gasteiger partial charge on any atom is -0.497 e. The van der Waals surface area contributed by atoms with Crippen molar-refractivity contribution in [1.29, 1.82) is 0 Å². The molecule has 9 heteroatoms. The van der Waals surface area contributed by atoms with Crippen molar-refractivity contribution in [2.24, 2.45) is 0 Å². The number of carbonyl (C=O) groups is 2. The van der Waals surface area contributed by atoms with Crippen LogP contribution >= 0.6 is 0 Å². The van der Waals surface area contributed by atoms with Crippen LogP contribution in [0.25, 0.3) is 0 Å². The molecule has 2 N–H and O–H groups in total. The van der Waals surface area contributed by atoms with Gasteiger partial charge in [-0.3, -0.25) is 19.5 Å². The fourth-order valence-electron chi connectivity index (χ4n) is 4.88. The highest BCUT2D eigenvalue weighted by atomic mass is 19.1. The summed E-state index contributed by atoms with van der Waals surface area (Å²) in [6.45, 7) is 3.30. The number of aromatic nitrogens is 1. The maximum Gasteiger partial charge on any atom is 0.220 e. The first-order valence-electron chi connectivity index (χ1n) is 12.1. The summed E-state index contributed by atoms with van der Waals surface area (Å²) in [4.78, 5) is 31.7. The number of methoxy groups -OCH3 is 1. The van der Waals surface area contributed by atoms with Gasteiger partial charge in [0.15, 0.2) is 0 Å². The Hall–Kier alpha value is -3.04. The molecular formula is C26H33FN4O4. The van der Waals surface area contributed by atoms with E-state index in [1.165, 1.54) is 13.2 Å². The van der Waals surface area contributed by atoms with Crippen LogP contribution in [0.4, 0.5) is 4.39 Å². The van der Waals surface area contributed by atoms with Crippen molar-refractivity contribution >= 4 is 11.8 Å². The molecule has 0 aliphatic carbocycles. The quantitative estimate of drug-likeness (QED) is 0.538. The van der Waals surface area contributed by atoms with Crippen molar-refractivity contribution in [3.63, 3.8) is 0 Å². The molecule has 188 valence electrons. The Balaban J connectivity index is 1.38. The molecular weight excluding hydrogens is 451 g/mol. The summed E-state index contributed by atoms with van der Waals surface area (Å²) in [5.41, 5.74) is 0.759. The second-order valence-corrected chi connectivity index (χ2v) is 9.19. The summed E-state index contributed by atoms with van der Waals surface area (Å²) in [6, 6.07) is 10.5. The number of pyridine rings is 1. The summed E-state index contributed by atoms with van der Waals surface area (Å²) in [5, 5.41) is 6.08. The van der Waals surface area contributed by atoms with Crippen molar-refractivity contribution in [3.05, 3.63) is 59.7 Å². The molecule has 2 atom stereocenters. The molecule has 2 amide bonds. The Labute approximate surface area is 205 Å². The van der Waals surface area contributed by atoms with Gasteiger partial charge in [0.1, 0.15) is 11.6 Å².